The van der Waals surface area contributed by atoms with E-state index >= 15 is 0 Å². The van der Waals surface area contributed by atoms with Gasteiger partial charge in [-0.3, -0.25) is 9.52 Å². The Labute approximate surface area is 162 Å². The largest absolute Gasteiger partial charge is 0.370 e. The fourth-order valence-electron chi connectivity index (χ4n) is 3.32. The summed E-state index contributed by atoms with van der Waals surface area (Å²) in [7, 11) is -3.81. The summed E-state index contributed by atoms with van der Waals surface area (Å²) < 4.78 is 28.6. The molecule has 0 fully saturated rings. The summed E-state index contributed by atoms with van der Waals surface area (Å²) in [6, 6.07) is 20.0. The minimum absolute atomic E-state index is 0.131. The number of aromatic amines is 1. The van der Waals surface area contributed by atoms with Gasteiger partial charge in [0.15, 0.2) is 0 Å². The summed E-state index contributed by atoms with van der Waals surface area (Å²) in [5.41, 5.74) is 6.80. The van der Waals surface area contributed by atoms with Gasteiger partial charge in [0, 0.05) is 22.9 Å². The van der Waals surface area contributed by atoms with E-state index in [-0.39, 0.29) is 11.3 Å². The molecule has 0 aliphatic heterocycles. The average Bonchev–Trinajstić information content (AvgIpc) is 3.02. The molecule has 4 rings (SSSR count). The Morgan fingerprint density at radius 3 is 2.46 bits per heavy atom. The Morgan fingerprint density at radius 1 is 0.964 bits per heavy atom. The molecule has 142 valence electrons. The molecule has 0 saturated heterocycles. The smallest absolute Gasteiger partial charge is 0.263 e. The van der Waals surface area contributed by atoms with Crippen molar-refractivity contribution in [3.63, 3.8) is 0 Å². The number of primary amides is 1. The highest BCUT2D eigenvalue weighted by atomic mass is 32.2. The predicted octanol–water partition coefficient (Wildman–Crippen LogP) is 3.54. The Kier molecular flexibility index (Phi) is 4.52. The number of fused-ring (bicyclic) bond motifs is 2. The van der Waals surface area contributed by atoms with Crippen molar-refractivity contribution in [2.75, 3.05) is 4.72 Å². The molecule has 28 heavy (non-hydrogen) atoms. The first kappa shape index (κ1) is 18.1. The van der Waals surface area contributed by atoms with Gasteiger partial charge in [0.25, 0.3) is 10.0 Å². The van der Waals surface area contributed by atoms with Crippen LogP contribution in [0.3, 0.4) is 0 Å². The van der Waals surface area contributed by atoms with E-state index in [0.717, 1.165) is 27.2 Å². The molecule has 0 atom stereocenters. The first-order valence-electron chi connectivity index (χ1n) is 8.83. The van der Waals surface area contributed by atoms with E-state index in [0.29, 0.717) is 12.2 Å². The monoisotopic (exact) mass is 393 g/mol. The number of para-hydroxylation sites is 1. The number of hydrogen-bond acceptors (Lipinski definition) is 3. The molecule has 4 N–H and O–H groups in total. The number of benzene rings is 3. The van der Waals surface area contributed by atoms with Crippen LogP contribution in [0.1, 0.15) is 12.0 Å². The Bertz CT molecular complexity index is 1290. The molecule has 0 unspecified atom stereocenters. The van der Waals surface area contributed by atoms with Gasteiger partial charge in [-0.2, -0.15) is 0 Å². The zero-order chi connectivity index (χ0) is 19.7. The highest BCUT2D eigenvalue weighted by Gasteiger charge is 2.20. The van der Waals surface area contributed by atoms with Crippen LogP contribution in [-0.2, 0) is 21.2 Å². The topological polar surface area (TPSA) is 105 Å². The third-order valence-electron chi connectivity index (χ3n) is 4.70. The number of aromatic nitrogens is 1. The van der Waals surface area contributed by atoms with Crippen molar-refractivity contribution in [3.05, 3.63) is 72.3 Å². The van der Waals surface area contributed by atoms with Crippen LogP contribution in [0.4, 0.5) is 5.82 Å². The highest BCUT2D eigenvalue weighted by Crippen LogP contribution is 2.29. The van der Waals surface area contributed by atoms with Crippen molar-refractivity contribution < 1.29 is 13.2 Å². The molecule has 3 aromatic carbocycles. The lowest BCUT2D eigenvalue weighted by molar-refractivity contribution is -0.117. The van der Waals surface area contributed by atoms with Gasteiger partial charge in [0.05, 0.1) is 4.90 Å². The lowest BCUT2D eigenvalue weighted by Crippen LogP contribution is -2.15. The molecular formula is C21H19N3O3S. The van der Waals surface area contributed by atoms with Gasteiger partial charge in [-0.1, -0.05) is 48.5 Å². The SMILES string of the molecule is NC(=O)CCc1c(NS(=O)(=O)c2ccc3ccccc3c2)[nH]c2ccccc12. The summed E-state index contributed by atoms with van der Waals surface area (Å²) >= 11 is 0. The summed E-state index contributed by atoms with van der Waals surface area (Å²) in [4.78, 5) is 14.5. The molecule has 0 spiro atoms. The fourth-order valence-corrected chi connectivity index (χ4v) is 4.41. The molecule has 0 bridgehead atoms. The normalized spacial score (nSPS) is 11.7. The average molecular weight is 393 g/mol. The second-order valence-electron chi connectivity index (χ2n) is 6.60. The Hall–Kier alpha value is -3.32. The van der Waals surface area contributed by atoms with E-state index in [1.165, 1.54) is 0 Å². The van der Waals surface area contributed by atoms with Crippen LogP contribution >= 0.6 is 0 Å². The highest BCUT2D eigenvalue weighted by molar-refractivity contribution is 7.92. The zero-order valence-corrected chi connectivity index (χ0v) is 15.8. The quantitative estimate of drug-likeness (QED) is 0.466. The van der Waals surface area contributed by atoms with Crippen molar-refractivity contribution in [1.29, 1.82) is 0 Å². The van der Waals surface area contributed by atoms with Gasteiger partial charge in [-0.15, -0.1) is 0 Å². The van der Waals surface area contributed by atoms with Gasteiger partial charge in [-0.05, 0) is 35.4 Å². The summed E-state index contributed by atoms with van der Waals surface area (Å²) in [6.07, 6.45) is 0.474. The lowest BCUT2D eigenvalue weighted by Gasteiger charge is -2.10. The maximum Gasteiger partial charge on any atom is 0.263 e. The van der Waals surface area contributed by atoms with E-state index < -0.39 is 15.9 Å². The van der Waals surface area contributed by atoms with E-state index in [1.807, 2.05) is 48.5 Å². The van der Waals surface area contributed by atoms with Crippen molar-refractivity contribution in [1.82, 2.24) is 4.98 Å². The lowest BCUT2D eigenvalue weighted by atomic mass is 10.1. The number of H-pyrrole nitrogens is 1. The number of anilines is 1. The van der Waals surface area contributed by atoms with Gasteiger partial charge in [-0.25, -0.2) is 8.42 Å². The molecule has 1 aromatic heterocycles. The summed E-state index contributed by atoms with van der Waals surface area (Å²) in [5.74, 6) is -0.0794. The van der Waals surface area contributed by atoms with E-state index in [4.69, 9.17) is 5.73 Å². The van der Waals surface area contributed by atoms with Crippen molar-refractivity contribution in [2.45, 2.75) is 17.7 Å². The van der Waals surface area contributed by atoms with Crippen LogP contribution < -0.4 is 10.5 Å². The fraction of sp³-hybridized carbons (Fsp3) is 0.0952. The van der Waals surface area contributed by atoms with Gasteiger partial charge in [0.2, 0.25) is 5.91 Å². The molecule has 1 amide bonds. The van der Waals surface area contributed by atoms with Crippen LogP contribution in [0.5, 0.6) is 0 Å². The van der Waals surface area contributed by atoms with Crippen molar-refractivity contribution in [2.24, 2.45) is 5.73 Å². The third kappa shape index (κ3) is 3.44. The number of sulfonamides is 1. The number of carbonyl (C=O) groups is 1. The molecule has 6 nitrogen and oxygen atoms in total. The van der Waals surface area contributed by atoms with Crippen molar-refractivity contribution in [3.8, 4) is 0 Å². The van der Waals surface area contributed by atoms with Gasteiger partial charge < -0.3 is 10.7 Å². The standard InChI is InChI=1S/C21H19N3O3S/c22-20(25)12-11-18-17-7-3-4-8-19(17)23-21(18)24-28(26,27)16-10-9-14-5-1-2-6-15(14)13-16/h1-10,13,23-24H,11-12H2,(H2,22,25). The van der Waals surface area contributed by atoms with Crippen molar-refractivity contribution >= 4 is 43.4 Å². The molecule has 0 radical (unpaired) electrons. The number of carbonyl (C=O) groups excluding carboxylic acids is 1. The predicted molar refractivity (Wildman–Crippen MR) is 111 cm³/mol. The Morgan fingerprint density at radius 2 is 1.68 bits per heavy atom. The molecule has 0 saturated carbocycles. The first-order valence-corrected chi connectivity index (χ1v) is 10.3. The summed E-state index contributed by atoms with van der Waals surface area (Å²) in [6.45, 7) is 0. The third-order valence-corrected chi connectivity index (χ3v) is 6.05. The van der Waals surface area contributed by atoms with E-state index in [2.05, 4.69) is 9.71 Å². The van der Waals surface area contributed by atoms with Crippen LogP contribution in [-0.4, -0.2) is 19.3 Å². The van der Waals surface area contributed by atoms with E-state index in [1.54, 1.807) is 18.2 Å². The second kappa shape index (κ2) is 7.01. The summed E-state index contributed by atoms with van der Waals surface area (Å²) in [5, 5.41) is 2.67. The number of nitrogens with two attached hydrogens (primary N) is 1. The molecular weight excluding hydrogens is 374 g/mol. The first-order chi connectivity index (χ1) is 13.4. The van der Waals surface area contributed by atoms with E-state index in [9.17, 15) is 13.2 Å². The number of rotatable bonds is 6. The molecule has 7 heteroatoms. The molecule has 0 aliphatic carbocycles. The van der Waals surface area contributed by atoms with Crippen LogP contribution in [0.2, 0.25) is 0 Å². The molecule has 4 aromatic rings. The van der Waals surface area contributed by atoms with Crippen LogP contribution in [0.15, 0.2) is 71.6 Å². The maximum absolute atomic E-state index is 13.0. The molecule has 1 heterocycles. The van der Waals surface area contributed by atoms with Gasteiger partial charge in [0.1, 0.15) is 5.82 Å². The van der Waals surface area contributed by atoms with Gasteiger partial charge >= 0.3 is 0 Å². The Balaban J connectivity index is 1.75. The van der Waals surface area contributed by atoms with Crippen LogP contribution in [0, 0.1) is 0 Å². The minimum Gasteiger partial charge on any atom is -0.370 e. The number of amides is 1. The number of aryl methyl sites for hydroxylation is 1. The second-order valence-corrected chi connectivity index (χ2v) is 8.29. The maximum atomic E-state index is 13.0. The number of hydrogen-bond donors (Lipinski definition) is 3. The minimum atomic E-state index is -3.81. The molecule has 0 aliphatic rings. The number of nitrogens with one attached hydrogen (secondary N) is 2. The van der Waals surface area contributed by atoms with Crippen LogP contribution in [0.25, 0.3) is 21.7 Å². The zero-order valence-electron chi connectivity index (χ0n) is 15.0.